The van der Waals surface area contributed by atoms with Crippen molar-refractivity contribution in [2.45, 2.75) is 12.2 Å². The van der Waals surface area contributed by atoms with Crippen LogP contribution in [-0.4, -0.2) is 69.1 Å². The van der Waals surface area contributed by atoms with Crippen LogP contribution in [0.3, 0.4) is 0 Å². The summed E-state index contributed by atoms with van der Waals surface area (Å²) in [5.74, 6) is 0.534. The minimum Gasteiger partial charge on any atom is -0.394 e. The number of morpholine rings is 1. The van der Waals surface area contributed by atoms with Crippen molar-refractivity contribution in [3.63, 3.8) is 0 Å². The zero-order valence-corrected chi connectivity index (χ0v) is 20.4. The molecule has 0 bridgehead atoms. The Balaban J connectivity index is 1.59. The van der Waals surface area contributed by atoms with E-state index in [2.05, 4.69) is 41.5 Å². The molecule has 35 heavy (non-hydrogen) atoms. The van der Waals surface area contributed by atoms with Crippen molar-refractivity contribution in [1.82, 2.24) is 25.3 Å². The normalized spacial score (nSPS) is 16.8. The zero-order chi connectivity index (χ0) is 24.2. The fourth-order valence-electron chi connectivity index (χ4n) is 4.01. The Kier molecular flexibility index (Phi) is 7.26. The van der Waals surface area contributed by atoms with Gasteiger partial charge in [-0.1, -0.05) is 28.1 Å². The summed E-state index contributed by atoms with van der Waals surface area (Å²) in [5, 5.41) is 26.2. The lowest BCUT2D eigenvalue weighted by molar-refractivity contribution is 0.0250. The number of benzene rings is 1. The Hall–Kier alpha value is -3.02. The standard InChI is InChI=1S/C25H25BrN6O3/c26-17-3-1-2-15(8-17)19-9-21(16-4-5-20(28-10-16)22-12-27-6-7-35-22)32-25-23(19)24(30-14-31-25)29-11-18(34)13-33/h1-5,8-10,14,18,22,27,33-34H,6-7,11-13H2,(H,29,30,31,32). The van der Waals surface area contributed by atoms with Crippen molar-refractivity contribution < 1.29 is 14.9 Å². The summed E-state index contributed by atoms with van der Waals surface area (Å²) in [6, 6.07) is 13.9. The van der Waals surface area contributed by atoms with E-state index in [1.165, 1.54) is 6.33 Å². The summed E-state index contributed by atoms with van der Waals surface area (Å²) in [4.78, 5) is 18.3. The average molecular weight is 537 g/mol. The van der Waals surface area contributed by atoms with Gasteiger partial charge < -0.3 is 25.6 Å². The van der Waals surface area contributed by atoms with Gasteiger partial charge in [-0.3, -0.25) is 4.98 Å². The topological polar surface area (TPSA) is 125 Å². The summed E-state index contributed by atoms with van der Waals surface area (Å²) in [7, 11) is 0. The van der Waals surface area contributed by atoms with Crippen molar-refractivity contribution in [1.29, 1.82) is 0 Å². The number of hydrogen-bond acceptors (Lipinski definition) is 9. The molecule has 2 atom stereocenters. The van der Waals surface area contributed by atoms with E-state index in [1.807, 2.05) is 48.7 Å². The molecular weight excluding hydrogens is 512 g/mol. The first-order chi connectivity index (χ1) is 17.1. The van der Waals surface area contributed by atoms with Crippen LogP contribution in [-0.2, 0) is 4.74 Å². The van der Waals surface area contributed by atoms with E-state index in [9.17, 15) is 10.2 Å². The predicted octanol–water partition coefficient (Wildman–Crippen LogP) is 2.94. The molecule has 180 valence electrons. The van der Waals surface area contributed by atoms with Gasteiger partial charge in [-0.15, -0.1) is 0 Å². The number of nitrogens with zero attached hydrogens (tertiary/aromatic N) is 4. The fourth-order valence-corrected chi connectivity index (χ4v) is 4.41. The Labute approximate surface area is 210 Å². The molecule has 1 saturated heterocycles. The van der Waals surface area contributed by atoms with Gasteiger partial charge in [-0.25, -0.2) is 15.0 Å². The molecule has 1 aromatic carbocycles. The molecular formula is C25H25BrN6O3. The molecule has 4 aromatic rings. The molecule has 5 rings (SSSR count). The second kappa shape index (κ2) is 10.7. The molecule has 9 nitrogen and oxygen atoms in total. The number of ether oxygens (including phenoxy) is 1. The highest BCUT2D eigenvalue weighted by Crippen LogP contribution is 2.35. The monoisotopic (exact) mass is 536 g/mol. The van der Waals surface area contributed by atoms with Gasteiger partial charge in [0.25, 0.3) is 0 Å². The number of aliphatic hydroxyl groups excluding tert-OH is 2. The SMILES string of the molecule is OCC(O)CNc1ncnc2nc(-c3ccc(C4CNCCO4)nc3)cc(-c3cccc(Br)c3)c12. The van der Waals surface area contributed by atoms with Crippen LogP contribution in [0.4, 0.5) is 5.82 Å². The molecule has 4 heterocycles. The van der Waals surface area contributed by atoms with Crippen LogP contribution in [0.25, 0.3) is 33.4 Å². The number of anilines is 1. The number of fused-ring (bicyclic) bond motifs is 1. The van der Waals surface area contributed by atoms with Gasteiger partial charge in [0, 0.05) is 35.9 Å². The van der Waals surface area contributed by atoms with Crippen LogP contribution in [0.2, 0.25) is 0 Å². The molecule has 1 fully saturated rings. The van der Waals surface area contributed by atoms with E-state index < -0.39 is 6.10 Å². The summed E-state index contributed by atoms with van der Waals surface area (Å²) in [5.41, 5.74) is 4.83. The smallest absolute Gasteiger partial charge is 0.165 e. The maximum atomic E-state index is 9.83. The van der Waals surface area contributed by atoms with Crippen LogP contribution in [0.15, 0.2) is 59.5 Å². The van der Waals surface area contributed by atoms with Gasteiger partial charge in [-0.05, 0) is 41.5 Å². The molecule has 3 aromatic heterocycles. The summed E-state index contributed by atoms with van der Waals surface area (Å²) in [6.45, 7) is 2.06. The molecule has 1 aliphatic heterocycles. The van der Waals surface area contributed by atoms with E-state index in [0.717, 1.165) is 51.0 Å². The van der Waals surface area contributed by atoms with E-state index in [-0.39, 0.29) is 19.3 Å². The number of aromatic nitrogens is 4. The van der Waals surface area contributed by atoms with E-state index in [4.69, 9.17) is 9.72 Å². The van der Waals surface area contributed by atoms with Crippen LogP contribution in [0.5, 0.6) is 0 Å². The molecule has 1 aliphatic rings. The van der Waals surface area contributed by atoms with Gasteiger partial charge in [0.15, 0.2) is 5.65 Å². The van der Waals surface area contributed by atoms with Crippen molar-refractivity contribution in [3.8, 4) is 22.4 Å². The molecule has 4 N–H and O–H groups in total. The van der Waals surface area contributed by atoms with Gasteiger partial charge in [0.1, 0.15) is 18.2 Å². The van der Waals surface area contributed by atoms with Crippen LogP contribution in [0, 0.1) is 0 Å². The number of aliphatic hydroxyl groups is 2. The molecule has 0 saturated carbocycles. The van der Waals surface area contributed by atoms with Crippen molar-refractivity contribution >= 4 is 32.8 Å². The minimum absolute atomic E-state index is 0.0600. The van der Waals surface area contributed by atoms with Crippen LogP contribution >= 0.6 is 15.9 Å². The third kappa shape index (κ3) is 5.31. The molecule has 0 aliphatic carbocycles. The van der Waals surface area contributed by atoms with Gasteiger partial charge in [-0.2, -0.15) is 0 Å². The Morgan fingerprint density at radius 3 is 2.80 bits per heavy atom. The highest BCUT2D eigenvalue weighted by molar-refractivity contribution is 9.10. The highest BCUT2D eigenvalue weighted by Gasteiger charge is 2.19. The molecule has 0 spiro atoms. The van der Waals surface area contributed by atoms with Gasteiger partial charge >= 0.3 is 0 Å². The van der Waals surface area contributed by atoms with E-state index >= 15 is 0 Å². The maximum absolute atomic E-state index is 9.83. The van der Waals surface area contributed by atoms with Gasteiger partial charge in [0.05, 0.1) is 36.1 Å². The fraction of sp³-hybridized carbons (Fsp3) is 0.280. The zero-order valence-electron chi connectivity index (χ0n) is 18.9. The first kappa shape index (κ1) is 23.7. The Bertz CT molecular complexity index is 1310. The summed E-state index contributed by atoms with van der Waals surface area (Å²) in [6.07, 6.45) is 2.28. The third-order valence-corrected chi connectivity index (χ3v) is 6.29. The molecule has 2 unspecified atom stereocenters. The third-order valence-electron chi connectivity index (χ3n) is 5.80. The number of hydrogen-bond donors (Lipinski definition) is 4. The minimum atomic E-state index is -0.908. The Morgan fingerprint density at radius 1 is 1.14 bits per heavy atom. The first-order valence-corrected chi connectivity index (χ1v) is 12.1. The second-order valence-corrected chi connectivity index (χ2v) is 9.15. The Morgan fingerprint density at radius 2 is 2.06 bits per heavy atom. The molecule has 10 heteroatoms. The maximum Gasteiger partial charge on any atom is 0.165 e. The number of nitrogens with one attached hydrogen (secondary N) is 2. The highest BCUT2D eigenvalue weighted by atomic mass is 79.9. The van der Waals surface area contributed by atoms with Crippen molar-refractivity contribution in [2.75, 3.05) is 38.2 Å². The van der Waals surface area contributed by atoms with Crippen LogP contribution < -0.4 is 10.6 Å². The predicted molar refractivity (Wildman–Crippen MR) is 137 cm³/mol. The lowest BCUT2D eigenvalue weighted by Crippen LogP contribution is -2.33. The van der Waals surface area contributed by atoms with E-state index in [1.54, 1.807) is 0 Å². The number of halogens is 1. The largest absolute Gasteiger partial charge is 0.394 e. The quantitative estimate of drug-likeness (QED) is 0.282. The van der Waals surface area contributed by atoms with Crippen molar-refractivity contribution in [2.24, 2.45) is 0 Å². The van der Waals surface area contributed by atoms with Gasteiger partial charge in [0.2, 0.25) is 0 Å². The second-order valence-electron chi connectivity index (χ2n) is 8.24. The lowest BCUT2D eigenvalue weighted by atomic mass is 10.00. The molecule has 0 radical (unpaired) electrons. The van der Waals surface area contributed by atoms with Crippen LogP contribution in [0.1, 0.15) is 11.8 Å². The average Bonchev–Trinajstić information content (AvgIpc) is 2.91. The number of rotatable bonds is 7. The summed E-state index contributed by atoms with van der Waals surface area (Å²) >= 11 is 3.56. The van der Waals surface area contributed by atoms with E-state index in [0.29, 0.717) is 18.1 Å². The first-order valence-electron chi connectivity index (χ1n) is 11.4. The summed E-state index contributed by atoms with van der Waals surface area (Å²) < 4.78 is 6.75. The number of pyridine rings is 2. The molecule has 0 amide bonds. The van der Waals surface area contributed by atoms with Crippen molar-refractivity contribution in [3.05, 3.63) is 65.2 Å². The lowest BCUT2D eigenvalue weighted by Gasteiger charge is -2.23.